The number of benzene rings is 1. The predicted octanol–water partition coefficient (Wildman–Crippen LogP) is 3.78. The van der Waals surface area contributed by atoms with E-state index in [4.69, 9.17) is 0 Å². The molecule has 9 heteroatoms. The summed E-state index contributed by atoms with van der Waals surface area (Å²) in [5, 5.41) is 0. The zero-order valence-electron chi connectivity index (χ0n) is 10.0. The maximum Gasteiger partial charge on any atom is 0.451 e. The molecular formula is C12H6F6N2O. The molecule has 0 aliphatic carbocycles. The van der Waals surface area contributed by atoms with Crippen molar-refractivity contribution in [2.75, 3.05) is 0 Å². The number of fused-ring (bicyclic) bond motifs is 1. The number of Topliss-reactive ketones (excluding diaryl/α,β-unsaturated/α-hetero) is 1. The fourth-order valence-electron chi connectivity index (χ4n) is 1.70. The van der Waals surface area contributed by atoms with Gasteiger partial charge < -0.3 is 0 Å². The molecule has 21 heavy (non-hydrogen) atoms. The first-order valence-corrected chi connectivity index (χ1v) is 5.51. The summed E-state index contributed by atoms with van der Waals surface area (Å²) in [5.41, 5.74) is -2.13. The van der Waals surface area contributed by atoms with E-state index in [1.165, 1.54) is 24.3 Å². The second-order valence-corrected chi connectivity index (χ2v) is 4.10. The van der Waals surface area contributed by atoms with Crippen LogP contribution in [0.5, 0.6) is 0 Å². The Kier molecular flexibility index (Phi) is 3.60. The Morgan fingerprint density at radius 3 is 2.10 bits per heavy atom. The van der Waals surface area contributed by atoms with Gasteiger partial charge in [-0.3, -0.25) is 9.79 Å². The van der Waals surface area contributed by atoms with Crippen molar-refractivity contribution >= 4 is 29.1 Å². The molecule has 1 heterocycles. The van der Waals surface area contributed by atoms with Crippen LogP contribution < -0.4 is 0 Å². The molecule has 1 aromatic rings. The topological polar surface area (TPSA) is 41.8 Å². The number of carbonyl (C=O) groups is 1. The van der Waals surface area contributed by atoms with Crippen molar-refractivity contribution in [1.82, 2.24) is 0 Å². The number of carbonyl (C=O) groups excluding carboxylic acids is 1. The maximum absolute atomic E-state index is 12.9. The smallest absolute Gasteiger partial charge is 0.288 e. The number of para-hydroxylation sites is 2. The number of rotatable bonds is 1. The van der Waals surface area contributed by atoms with E-state index in [0.29, 0.717) is 6.21 Å². The Labute approximate surface area is 114 Å². The van der Waals surface area contributed by atoms with E-state index in [9.17, 15) is 31.1 Å². The molecule has 3 nitrogen and oxygen atoms in total. The Morgan fingerprint density at radius 1 is 1.00 bits per heavy atom. The lowest BCUT2D eigenvalue weighted by atomic mass is 9.98. The van der Waals surface area contributed by atoms with Crippen molar-refractivity contribution < 1.29 is 31.1 Å². The highest BCUT2D eigenvalue weighted by atomic mass is 19.4. The van der Waals surface area contributed by atoms with Crippen LogP contribution in [-0.2, 0) is 4.79 Å². The number of alkyl halides is 6. The van der Waals surface area contributed by atoms with Crippen molar-refractivity contribution in [1.29, 1.82) is 0 Å². The van der Waals surface area contributed by atoms with Crippen LogP contribution >= 0.6 is 0 Å². The molecule has 0 aromatic heterocycles. The van der Waals surface area contributed by atoms with Gasteiger partial charge in [0.05, 0.1) is 11.4 Å². The Balaban J connectivity index is 2.60. The highest BCUT2D eigenvalue weighted by Crippen LogP contribution is 2.36. The third-order valence-electron chi connectivity index (χ3n) is 2.63. The lowest BCUT2D eigenvalue weighted by Crippen LogP contribution is -2.42. The summed E-state index contributed by atoms with van der Waals surface area (Å²) in [4.78, 5) is 17.9. The highest BCUT2D eigenvalue weighted by Gasteiger charge is 2.51. The zero-order valence-corrected chi connectivity index (χ0v) is 10.0. The number of nitrogens with zero attached hydrogens (tertiary/aromatic N) is 2. The van der Waals surface area contributed by atoms with Gasteiger partial charge in [0.25, 0.3) is 5.78 Å². The van der Waals surface area contributed by atoms with Crippen molar-refractivity contribution in [3.63, 3.8) is 0 Å². The molecule has 1 unspecified atom stereocenters. The van der Waals surface area contributed by atoms with E-state index < -0.39 is 29.8 Å². The molecule has 112 valence electrons. The van der Waals surface area contributed by atoms with Crippen LogP contribution in [0.2, 0.25) is 0 Å². The number of aliphatic imine (C=N–C) groups is 2. The predicted molar refractivity (Wildman–Crippen MR) is 62.3 cm³/mol. The van der Waals surface area contributed by atoms with Gasteiger partial charge in [-0.1, -0.05) is 12.1 Å². The van der Waals surface area contributed by atoms with Gasteiger partial charge in [0.1, 0.15) is 11.6 Å². The van der Waals surface area contributed by atoms with Crippen molar-refractivity contribution in [3.05, 3.63) is 24.3 Å². The second kappa shape index (κ2) is 4.97. The second-order valence-electron chi connectivity index (χ2n) is 4.10. The third kappa shape index (κ3) is 3.11. The molecule has 2 rings (SSSR count). The molecule has 0 amide bonds. The van der Waals surface area contributed by atoms with Gasteiger partial charge in [-0.2, -0.15) is 26.3 Å². The molecule has 0 radical (unpaired) electrons. The highest BCUT2D eigenvalue weighted by molar-refractivity contribution is 6.21. The van der Waals surface area contributed by atoms with Crippen LogP contribution in [0.4, 0.5) is 37.7 Å². The minimum atomic E-state index is -5.42. The van der Waals surface area contributed by atoms with E-state index in [-0.39, 0.29) is 11.4 Å². The largest absolute Gasteiger partial charge is 0.451 e. The summed E-state index contributed by atoms with van der Waals surface area (Å²) in [5.74, 6) is -5.17. The molecule has 0 saturated heterocycles. The SMILES string of the molecule is O=C(C1C=Nc2ccccc2N=C1C(F)(F)F)C(F)(F)F. The molecule has 0 bridgehead atoms. The van der Waals surface area contributed by atoms with Gasteiger partial charge in [0.15, 0.2) is 0 Å². The van der Waals surface area contributed by atoms with Crippen LogP contribution in [0, 0.1) is 5.92 Å². The summed E-state index contributed by atoms with van der Waals surface area (Å²) >= 11 is 0. The summed E-state index contributed by atoms with van der Waals surface area (Å²) in [6.07, 6.45) is -10.3. The number of hydrogen-bond acceptors (Lipinski definition) is 3. The van der Waals surface area contributed by atoms with Gasteiger partial charge in [-0.15, -0.1) is 0 Å². The molecule has 1 aliphatic heterocycles. The minimum absolute atomic E-state index is 0.0447. The molecule has 1 aromatic carbocycles. The van der Waals surface area contributed by atoms with E-state index in [2.05, 4.69) is 9.98 Å². The van der Waals surface area contributed by atoms with Crippen molar-refractivity contribution in [2.45, 2.75) is 12.4 Å². The average Bonchev–Trinajstić information content (AvgIpc) is 2.55. The number of hydrogen-bond donors (Lipinski definition) is 0. The van der Waals surface area contributed by atoms with Gasteiger partial charge in [-0.05, 0) is 12.1 Å². The summed E-state index contributed by atoms with van der Waals surface area (Å²) < 4.78 is 76.0. The first kappa shape index (κ1) is 15.2. The molecule has 1 aliphatic rings. The van der Waals surface area contributed by atoms with Crippen LogP contribution in [0.15, 0.2) is 34.3 Å². The summed E-state index contributed by atoms with van der Waals surface area (Å²) in [6.45, 7) is 0. The number of halogens is 6. The van der Waals surface area contributed by atoms with Crippen LogP contribution in [-0.4, -0.2) is 30.1 Å². The maximum atomic E-state index is 12.9. The van der Waals surface area contributed by atoms with Gasteiger partial charge in [-0.25, -0.2) is 4.99 Å². The lowest BCUT2D eigenvalue weighted by Gasteiger charge is -2.17. The van der Waals surface area contributed by atoms with Crippen LogP contribution in [0.25, 0.3) is 0 Å². The quantitative estimate of drug-likeness (QED) is 0.728. The third-order valence-corrected chi connectivity index (χ3v) is 2.63. The van der Waals surface area contributed by atoms with E-state index in [1.54, 1.807) is 0 Å². The fourth-order valence-corrected chi connectivity index (χ4v) is 1.70. The average molecular weight is 308 g/mol. The van der Waals surface area contributed by atoms with Crippen LogP contribution in [0.3, 0.4) is 0 Å². The Morgan fingerprint density at radius 2 is 1.57 bits per heavy atom. The standard InChI is InChI=1S/C12H6F6N2O/c13-11(14,15)9-6(10(21)12(16,17)18)5-19-7-3-1-2-4-8(7)20-9/h1-6H. The lowest BCUT2D eigenvalue weighted by molar-refractivity contribution is -0.172. The zero-order chi connectivity index (χ0) is 15.8. The molecule has 0 spiro atoms. The fraction of sp³-hybridized carbons (Fsp3) is 0.250. The summed E-state index contributed by atoms with van der Waals surface area (Å²) in [6, 6.07) is 5.24. The van der Waals surface area contributed by atoms with E-state index in [1.807, 2.05) is 0 Å². The van der Waals surface area contributed by atoms with Crippen LogP contribution in [0.1, 0.15) is 0 Å². The molecule has 0 saturated carbocycles. The van der Waals surface area contributed by atoms with Gasteiger partial charge in [0, 0.05) is 6.21 Å². The first-order chi connectivity index (χ1) is 9.60. The van der Waals surface area contributed by atoms with Gasteiger partial charge >= 0.3 is 12.4 Å². The van der Waals surface area contributed by atoms with E-state index in [0.717, 1.165) is 0 Å². The van der Waals surface area contributed by atoms with Crippen molar-refractivity contribution in [3.8, 4) is 0 Å². The number of ketones is 1. The Bertz CT molecular complexity index is 629. The van der Waals surface area contributed by atoms with Crippen molar-refractivity contribution in [2.24, 2.45) is 15.9 Å². The normalized spacial score (nSPS) is 18.8. The molecule has 1 atom stereocenters. The first-order valence-electron chi connectivity index (χ1n) is 5.51. The Hall–Kier alpha value is -2.19. The van der Waals surface area contributed by atoms with E-state index >= 15 is 0 Å². The molecule has 0 fully saturated rings. The monoisotopic (exact) mass is 308 g/mol. The molecular weight excluding hydrogens is 302 g/mol. The minimum Gasteiger partial charge on any atom is -0.288 e. The molecule has 0 N–H and O–H groups in total. The van der Waals surface area contributed by atoms with Gasteiger partial charge in [0.2, 0.25) is 0 Å². The summed E-state index contributed by atoms with van der Waals surface area (Å²) in [7, 11) is 0.